The summed E-state index contributed by atoms with van der Waals surface area (Å²) in [6.07, 6.45) is 0.696. The number of halogens is 3. The third-order valence-corrected chi connectivity index (χ3v) is 4.22. The van der Waals surface area contributed by atoms with Gasteiger partial charge in [-0.2, -0.15) is 8.78 Å². The number of thioether (sulfide) groups is 1. The van der Waals surface area contributed by atoms with Gasteiger partial charge in [0.2, 0.25) is 0 Å². The first-order chi connectivity index (χ1) is 8.84. The zero-order valence-corrected chi connectivity index (χ0v) is 12.2. The van der Waals surface area contributed by atoms with Crippen molar-refractivity contribution >= 4 is 23.4 Å². The largest absolute Gasteiger partial charge is 0.384 e. The first kappa shape index (κ1) is 16.5. The second-order valence-electron chi connectivity index (χ2n) is 4.32. The minimum Gasteiger partial charge on any atom is -0.384 e. The Labute approximate surface area is 121 Å². The minimum absolute atomic E-state index is 0.394. The number of rotatable bonds is 7. The Balaban J connectivity index is 2.79. The van der Waals surface area contributed by atoms with Crippen molar-refractivity contribution in [3.05, 3.63) is 42.5 Å². The zero-order chi connectivity index (χ0) is 14.5. The lowest BCUT2D eigenvalue weighted by Crippen LogP contribution is -2.37. The van der Waals surface area contributed by atoms with E-state index >= 15 is 0 Å². The maximum absolute atomic E-state index is 13.0. The molecule has 0 saturated heterocycles. The van der Waals surface area contributed by atoms with E-state index in [9.17, 15) is 13.9 Å². The molecule has 19 heavy (non-hydrogen) atoms. The fourth-order valence-corrected chi connectivity index (χ4v) is 2.99. The molecule has 0 unspecified atom stereocenters. The summed E-state index contributed by atoms with van der Waals surface area (Å²) in [5.41, 5.74) is 1.09. The molecule has 1 aromatic carbocycles. The molecule has 1 rings (SSSR count). The van der Waals surface area contributed by atoms with Gasteiger partial charge in [0.15, 0.2) is 0 Å². The molecule has 0 aliphatic carbocycles. The molecule has 2 atom stereocenters. The predicted molar refractivity (Wildman–Crippen MR) is 77.1 cm³/mol. The molecule has 1 N–H and O–H groups in total. The molecule has 0 spiro atoms. The maximum Gasteiger partial charge on any atom is 0.348 e. The highest BCUT2D eigenvalue weighted by atomic mass is 35.5. The van der Waals surface area contributed by atoms with Crippen molar-refractivity contribution in [2.45, 2.75) is 41.4 Å². The SMILES string of the molecule is C=CCC[C@@H](Sc1ccc(C)cc1)[C@H](O)C(F)(F)Cl. The van der Waals surface area contributed by atoms with Gasteiger partial charge in [0, 0.05) is 10.1 Å². The molecule has 106 valence electrons. The molecule has 0 heterocycles. The molecule has 0 aliphatic rings. The highest BCUT2D eigenvalue weighted by molar-refractivity contribution is 8.00. The van der Waals surface area contributed by atoms with Gasteiger partial charge in [0.1, 0.15) is 6.10 Å². The topological polar surface area (TPSA) is 20.2 Å². The first-order valence-electron chi connectivity index (χ1n) is 5.93. The van der Waals surface area contributed by atoms with Crippen LogP contribution in [0.15, 0.2) is 41.8 Å². The summed E-state index contributed by atoms with van der Waals surface area (Å²) in [5, 5.41) is 5.36. The van der Waals surface area contributed by atoms with E-state index in [1.165, 1.54) is 11.8 Å². The maximum atomic E-state index is 13.0. The summed E-state index contributed by atoms with van der Waals surface area (Å²) in [4.78, 5) is 0.833. The lowest BCUT2D eigenvalue weighted by molar-refractivity contribution is -0.0415. The number of alkyl halides is 3. The Morgan fingerprint density at radius 1 is 1.42 bits per heavy atom. The van der Waals surface area contributed by atoms with Crippen LogP contribution in [0.25, 0.3) is 0 Å². The molecule has 0 amide bonds. The fourth-order valence-electron chi connectivity index (χ4n) is 1.57. The Hall–Kier alpha value is -0.580. The molecular formula is C14H17ClF2OS. The van der Waals surface area contributed by atoms with Gasteiger partial charge in [0.05, 0.1) is 0 Å². The van der Waals surface area contributed by atoms with Crippen molar-refractivity contribution in [3.8, 4) is 0 Å². The molecular weight excluding hydrogens is 290 g/mol. The number of aliphatic hydroxyl groups is 1. The van der Waals surface area contributed by atoms with Crippen LogP contribution in [0.3, 0.4) is 0 Å². The van der Waals surface area contributed by atoms with Crippen LogP contribution in [-0.2, 0) is 0 Å². The average molecular weight is 307 g/mol. The minimum atomic E-state index is -3.62. The monoisotopic (exact) mass is 306 g/mol. The van der Waals surface area contributed by atoms with Crippen LogP contribution < -0.4 is 0 Å². The highest BCUT2D eigenvalue weighted by Crippen LogP contribution is 2.36. The number of benzene rings is 1. The fraction of sp³-hybridized carbons (Fsp3) is 0.429. The van der Waals surface area contributed by atoms with Crippen molar-refractivity contribution in [1.82, 2.24) is 0 Å². The van der Waals surface area contributed by atoms with E-state index in [1.807, 2.05) is 31.2 Å². The third-order valence-electron chi connectivity index (χ3n) is 2.65. The Morgan fingerprint density at radius 2 is 2.00 bits per heavy atom. The first-order valence-corrected chi connectivity index (χ1v) is 7.19. The molecule has 1 nitrogen and oxygen atoms in total. The lowest BCUT2D eigenvalue weighted by Gasteiger charge is -2.25. The van der Waals surface area contributed by atoms with Crippen LogP contribution in [0.1, 0.15) is 18.4 Å². The predicted octanol–water partition coefficient (Wildman–Crippen LogP) is 4.61. The summed E-state index contributed by atoms with van der Waals surface area (Å²) >= 11 is 6.14. The van der Waals surface area contributed by atoms with E-state index in [0.29, 0.717) is 12.8 Å². The number of allylic oxidation sites excluding steroid dienone is 1. The van der Waals surface area contributed by atoms with Gasteiger partial charge in [-0.3, -0.25) is 0 Å². The van der Waals surface area contributed by atoms with E-state index in [4.69, 9.17) is 11.6 Å². The summed E-state index contributed by atoms with van der Waals surface area (Å²) < 4.78 is 26.1. The van der Waals surface area contributed by atoms with Crippen LogP contribution in [0, 0.1) is 6.92 Å². The van der Waals surface area contributed by atoms with Gasteiger partial charge in [-0.05, 0) is 43.5 Å². The van der Waals surface area contributed by atoms with Crippen molar-refractivity contribution < 1.29 is 13.9 Å². The van der Waals surface area contributed by atoms with Crippen LogP contribution >= 0.6 is 23.4 Å². The Kier molecular flexibility index (Phi) is 6.30. The lowest BCUT2D eigenvalue weighted by atomic mass is 10.1. The molecule has 0 saturated carbocycles. The van der Waals surface area contributed by atoms with Crippen molar-refractivity contribution in [2.24, 2.45) is 0 Å². The van der Waals surface area contributed by atoms with E-state index in [-0.39, 0.29) is 0 Å². The summed E-state index contributed by atoms with van der Waals surface area (Å²) in [7, 11) is 0. The van der Waals surface area contributed by atoms with Crippen molar-refractivity contribution in [2.75, 3.05) is 0 Å². The van der Waals surface area contributed by atoms with E-state index in [0.717, 1.165) is 10.5 Å². The summed E-state index contributed by atoms with van der Waals surface area (Å²) in [6, 6.07) is 7.50. The third kappa shape index (κ3) is 5.51. The standard InChI is InChI=1S/C14H17ClF2OS/c1-3-4-5-12(13(18)14(15,16)17)19-11-8-6-10(2)7-9-11/h3,6-9,12-13,18H,1,4-5H2,2H3/t12-,13+/m1/s1. The van der Waals surface area contributed by atoms with Crippen LogP contribution in [0.4, 0.5) is 8.78 Å². The highest BCUT2D eigenvalue weighted by Gasteiger charge is 2.41. The molecule has 0 radical (unpaired) electrons. The smallest absolute Gasteiger partial charge is 0.348 e. The van der Waals surface area contributed by atoms with Gasteiger partial charge in [-0.15, -0.1) is 18.3 Å². The van der Waals surface area contributed by atoms with Crippen LogP contribution in [-0.4, -0.2) is 21.8 Å². The molecule has 0 bridgehead atoms. The van der Waals surface area contributed by atoms with Crippen molar-refractivity contribution in [3.63, 3.8) is 0 Å². The van der Waals surface area contributed by atoms with Crippen molar-refractivity contribution in [1.29, 1.82) is 0 Å². The average Bonchev–Trinajstić information content (AvgIpc) is 2.35. The summed E-state index contributed by atoms with van der Waals surface area (Å²) in [6.45, 7) is 5.51. The quantitative estimate of drug-likeness (QED) is 0.451. The number of aliphatic hydroxyl groups excluding tert-OH is 1. The number of aryl methyl sites for hydroxylation is 1. The van der Waals surface area contributed by atoms with E-state index in [2.05, 4.69) is 6.58 Å². The van der Waals surface area contributed by atoms with E-state index < -0.39 is 16.7 Å². The molecule has 0 fully saturated rings. The Morgan fingerprint density at radius 3 is 2.47 bits per heavy atom. The Bertz CT molecular complexity index is 403. The molecule has 5 heteroatoms. The molecule has 0 aromatic heterocycles. The zero-order valence-electron chi connectivity index (χ0n) is 10.7. The van der Waals surface area contributed by atoms with Crippen LogP contribution in [0.2, 0.25) is 0 Å². The number of hydrogen-bond acceptors (Lipinski definition) is 2. The van der Waals surface area contributed by atoms with Gasteiger partial charge < -0.3 is 5.11 Å². The second-order valence-corrected chi connectivity index (χ2v) is 6.14. The number of hydrogen-bond donors (Lipinski definition) is 1. The van der Waals surface area contributed by atoms with Gasteiger partial charge in [-0.25, -0.2) is 0 Å². The normalized spacial score (nSPS) is 15.0. The molecule has 1 aromatic rings. The van der Waals surface area contributed by atoms with E-state index in [1.54, 1.807) is 6.08 Å². The second kappa shape index (κ2) is 7.27. The van der Waals surface area contributed by atoms with Gasteiger partial charge in [0.25, 0.3) is 0 Å². The van der Waals surface area contributed by atoms with Gasteiger partial charge >= 0.3 is 5.38 Å². The molecule has 0 aliphatic heterocycles. The summed E-state index contributed by atoms with van der Waals surface area (Å²) in [5.74, 6) is 0. The van der Waals surface area contributed by atoms with Gasteiger partial charge in [-0.1, -0.05) is 23.8 Å². The van der Waals surface area contributed by atoms with Crippen LogP contribution in [0.5, 0.6) is 0 Å².